The Morgan fingerprint density at radius 2 is 1.91 bits per heavy atom. The van der Waals surface area contributed by atoms with Crippen LogP contribution in [0.4, 0.5) is 0 Å². The van der Waals surface area contributed by atoms with Gasteiger partial charge in [0.2, 0.25) is 5.91 Å². The highest BCUT2D eigenvalue weighted by atomic mass is 16.2. The van der Waals surface area contributed by atoms with Gasteiger partial charge in [-0.15, -0.1) is 0 Å². The molecule has 64 valence electrons. The second-order valence-corrected chi connectivity index (χ2v) is 4.37. The molecule has 0 radical (unpaired) electrons. The van der Waals surface area contributed by atoms with E-state index in [1.807, 2.05) is 20.8 Å². The van der Waals surface area contributed by atoms with Gasteiger partial charge in [-0.05, 0) is 33.6 Å². The van der Waals surface area contributed by atoms with E-state index in [0.717, 1.165) is 12.8 Å². The van der Waals surface area contributed by atoms with Crippen molar-refractivity contribution in [1.29, 1.82) is 0 Å². The molecule has 0 atom stereocenters. The molecule has 0 bridgehead atoms. The van der Waals surface area contributed by atoms with Gasteiger partial charge in [0.1, 0.15) is 0 Å². The molecular formula is C9H17NO. The topological polar surface area (TPSA) is 29.1 Å². The molecule has 0 saturated heterocycles. The summed E-state index contributed by atoms with van der Waals surface area (Å²) in [6, 6.07) is 0. The SMILES string of the molecule is CC(C)(C)NC(=O)C1CCC1. The Kier molecular flexibility index (Phi) is 2.21. The van der Waals surface area contributed by atoms with Crippen molar-refractivity contribution in [3.05, 3.63) is 0 Å². The van der Waals surface area contributed by atoms with Gasteiger partial charge >= 0.3 is 0 Å². The molecule has 1 amide bonds. The van der Waals surface area contributed by atoms with Gasteiger partial charge in [-0.3, -0.25) is 4.79 Å². The summed E-state index contributed by atoms with van der Waals surface area (Å²) in [5.74, 6) is 0.554. The Balaban J connectivity index is 2.31. The fourth-order valence-electron chi connectivity index (χ4n) is 1.14. The van der Waals surface area contributed by atoms with Crippen LogP contribution in [0.15, 0.2) is 0 Å². The van der Waals surface area contributed by atoms with Gasteiger partial charge in [0.25, 0.3) is 0 Å². The molecule has 0 aliphatic heterocycles. The lowest BCUT2D eigenvalue weighted by molar-refractivity contribution is -0.128. The Labute approximate surface area is 68.4 Å². The summed E-state index contributed by atoms with van der Waals surface area (Å²) in [7, 11) is 0. The highest BCUT2D eigenvalue weighted by Crippen LogP contribution is 2.26. The molecule has 0 aromatic carbocycles. The van der Waals surface area contributed by atoms with E-state index in [1.54, 1.807) is 0 Å². The highest BCUT2D eigenvalue weighted by Gasteiger charge is 2.27. The molecule has 2 nitrogen and oxygen atoms in total. The molecule has 0 aromatic heterocycles. The van der Waals surface area contributed by atoms with E-state index in [0.29, 0.717) is 5.92 Å². The maximum absolute atomic E-state index is 11.3. The molecule has 0 unspecified atom stereocenters. The van der Waals surface area contributed by atoms with Crippen LogP contribution in [-0.4, -0.2) is 11.4 Å². The zero-order chi connectivity index (χ0) is 8.48. The van der Waals surface area contributed by atoms with E-state index >= 15 is 0 Å². The lowest BCUT2D eigenvalue weighted by atomic mass is 9.84. The standard InChI is InChI=1S/C9H17NO/c1-9(2,3)10-8(11)7-5-4-6-7/h7H,4-6H2,1-3H3,(H,10,11). The molecule has 1 saturated carbocycles. The minimum atomic E-state index is -0.0628. The third-order valence-corrected chi connectivity index (χ3v) is 1.97. The van der Waals surface area contributed by atoms with E-state index in [1.165, 1.54) is 6.42 Å². The first-order valence-corrected chi connectivity index (χ1v) is 4.31. The summed E-state index contributed by atoms with van der Waals surface area (Å²) >= 11 is 0. The van der Waals surface area contributed by atoms with Crippen LogP contribution in [0.25, 0.3) is 0 Å². The lowest BCUT2D eigenvalue weighted by Crippen LogP contribution is -2.45. The number of rotatable bonds is 1. The average Bonchev–Trinajstić information content (AvgIpc) is 1.50. The largest absolute Gasteiger partial charge is 0.351 e. The third-order valence-electron chi connectivity index (χ3n) is 1.97. The molecule has 0 heterocycles. The van der Waals surface area contributed by atoms with Crippen molar-refractivity contribution >= 4 is 5.91 Å². The number of hydrogen-bond acceptors (Lipinski definition) is 1. The van der Waals surface area contributed by atoms with Crippen LogP contribution < -0.4 is 5.32 Å². The van der Waals surface area contributed by atoms with Crippen molar-refractivity contribution in [2.75, 3.05) is 0 Å². The molecule has 0 spiro atoms. The average molecular weight is 155 g/mol. The molecule has 2 heteroatoms. The van der Waals surface area contributed by atoms with Crippen LogP contribution in [0.2, 0.25) is 0 Å². The van der Waals surface area contributed by atoms with E-state index < -0.39 is 0 Å². The summed E-state index contributed by atoms with van der Waals surface area (Å²) in [6.07, 6.45) is 3.39. The molecule has 11 heavy (non-hydrogen) atoms. The van der Waals surface area contributed by atoms with Gasteiger partial charge < -0.3 is 5.32 Å². The Bertz CT molecular complexity index is 153. The number of carbonyl (C=O) groups excluding carboxylic acids is 1. The first-order chi connectivity index (χ1) is 4.99. The molecule has 0 aromatic rings. The van der Waals surface area contributed by atoms with E-state index in [4.69, 9.17) is 0 Å². The maximum atomic E-state index is 11.3. The number of carbonyl (C=O) groups is 1. The normalized spacial score (nSPS) is 19.2. The zero-order valence-corrected chi connectivity index (χ0v) is 7.61. The minimum absolute atomic E-state index is 0.0628. The molecule has 1 aliphatic rings. The number of nitrogens with one attached hydrogen (secondary N) is 1. The smallest absolute Gasteiger partial charge is 0.223 e. The molecular weight excluding hydrogens is 138 g/mol. The maximum Gasteiger partial charge on any atom is 0.223 e. The van der Waals surface area contributed by atoms with Crippen LogP contribution in [0.1, 0.15) is 40.0 Å². The second kappa shape index (κ2) is 2.84. The van der Waals surface area contributed by atoms with Crippen LogP contribution in [0, 0.1) is 5.92 Å². The van der Waals surface area contributed by atoms with Crippen molar-refractivity contribution in [2.45, 2.75) is 45.6 Å². The Hall–Kier alpha value is -0.530. The van der Waals surface area contributed by atoms with Crippen LogP contribution >= 0.6 is 0 Å². The summed E-state index contributed by atoms with van der Waals surface area (Å²) in [4.78, 5) is 11.3. The Morgan fingerprint density at radius 1 is 1.36 bits per heavy atom. The van der Waals surface area contributed by atoms with Gasteiger partial charge in [0.05, 0.1) is 0 Å². The fraction of sp³-hybridized carbons (Fsp3) is 0.889. The van der Waals surface area contributed by atoms with Gasteiger partial charge in [-0.1, -0.05) is 6.42 Å². The summed E-state index contributed by atoms with van der Waals surface area (Å²) in [6.45, 7) is 6.05. The van der Waals surface area contributed by atoms with Crippen LogP contribution in [0.5, 0.6) is 0 Å². The van der Waals surface area contributed by atoms with Crippen molar-refractivity contribution in [2.24, 2.45) is 5.92 Å². The third kappa shape index (κ3) is 2.52. The van der Waals surface area contributed by atoms with Crippen molar-refractivity contribution in [3.8, 4) is 0 Å². The second-order valence-electron chi connectivity index (χ2n) is 4.37. The fourth-order valence-corrected chi connectivity index (χ4v) is 1.14. The van der Waals surface area contributed by atoms with Crippen molar-refractivity contribution in [1.82, 2.24) is 5.32 Å². The number of amides is 1. The first kappa shape index (κ1) is 8.57. The summed E-state index contributed by atoms with van der Waals surface area (Å²) < 4.78 is 0. The monoisotopic (exact) mass is 155 g/mol. The molecule has 1 N–H and O–H groups in total. The molecule has 1 aliphatic carbocycles. The van der Waals surface area contributed by atoms with Crippen molar-refractivity contribution < 1.29 is 4.79 Å². The zero-order valence-electron chi connectivity index (χ0n) is 7.61. The van der Waals surface area contributed by atoms with Crippen molar-refractivity contribution in [3.63, 3.8) is 0 Å². The Morgan fingerprint density at radius 3 is 2.18 bits per heavy atom. The first-order valence-electron chi connectivity index (χ1n) is 4.31. The van der Waals surface area contributed by atoms with E-state index in [2.05, 4.69) is 5.32 Å². The van der Waals surface area contributed by atoms with Gasteiger partial charge in [0, 0.05) is 11.5 Å². The summed E-state index contributed by atoms with van der Waals surface area (Å²) in [5.41, 5.74) is -0.0628. The van der Waals surface area contributed by atoms with Gasteiger partial charge in [-0.25, -0.2) is 0 Å². The van der Waals surface area contributed by atoms with E-state index in [-0.39, 0.29) is 11.4 Å². The predicted octanol–water partition coefficient (Wildman–Crippen LogP) is 1.70. The van der Waals surface area contributed by atoms with Crippen LogP contribution in [0.3, 0.4) is 0 Å². The van der Waals surface area contributed by atoms with Gasteiger partial charge in [-0.2, -0.15) is 0 Å². The minimum Gasteiger partial charge on any atom is -0.351 e. The highest BCUT2D eigenvalue weighted by molar-refractivity contribution is 5.79. The lowest BCUT2D eigenvalue weighted by Gasteiger charge is -2.29. The number of hydrogen-bond donors (Lipinski definition) is 1. The van der Waals surface area contributed by atoms with Crippen LogP contribution in [-0.2, 0) is 4.79 Å². The molecule has 1 fully saturated rings. The summed E-state index contributed by atoms with van der Waals surface area (Å²) in [5, 5.41) is 2.98. The van der Waals surface area contributed by atoms with E-state index in [9.17, 15) is 4.79 Å². The van der Waals surface area contributed by atoms with Gasteiger partial charge in [0.15, 0.2) is 0 Å². The quantitative estimate of drug-likeness (QED) is 0.613. The molecule has 1 rings (SSSR count). The predicted molar refractivity (Wildman–Crippen MR) is 45.2 cm³/mol.